The van der Waals surface area contributed by atoms with E-state index >= 15 is 0 Å². The maximum Gasteiger partial charge on any atom is 0.188 e. The Morgan fingerprint density at radius 3 is 2.88 bits per heavy atom. The van der Waals surface area contributed by atoms with Crippen LogP contribution in [0.25, 0.3) is 0 Å². The molecule has 1 atom stereocenters. The van der Waals surface area contributed by atoms with Gasteiger partial charge in [-0.1, -0.05) is 0 Å². The van der Waals surface area contributed by atoms with Crippen LogP contribution in [0, 0.1) is 0 Å². The van der Waals surface area contributed by atoms with E-state index in [0.717, 1.165) is 6.42 Å². The molecule has 2 nitrogen and oxygen atoms in total. The van der Waals surface area contributed by atoms with Crippen LogP contribution < -0.4 is 0 Å². The number of halogens is 1. The van der Waals surface area contributed by atoms with Gasteiger partial charge in [0.1, 0.15) is 0 Å². The highest BCUT2D eigenvalue weighted by atomic mass is 79.9. The van der Waals surface area contributed by atoms with Gasteiger partial charge < -0.3 is 9.84 Å². The third-order valence-electron chi connectivity index (χ3n) is 1.03. The fourth-order valence-electron chi connectivity index (χ4n) is 0.544. The topological polar surface area (TPSA) is 29.5 Å². The van der Waals surface area contributed by atoms with Gasteiger partial charge in [-0.3, -0.25) is 0 Å². The fourth-order valence-corrected chi connectivity index (χ4v) is 0.839. The van der Waals surface area contributed by atoms with Crippen molar-refractivity contribution in [1.82, 2.24) is 0 Å². The number of rotatable bonds is 1. The van der Waals surface area contributed by atoms with E-state index in [9.17, 15) is 0 Å². The summed E-state index contributed by atoms with van der Waals surface area (Å²) in [6.07, 6.45) is 4.19. The lowest BCUT2D eigenvalue weighted by atomic mass is 10.3. The summed E-state index contributed by atoms with van der Waals surface area (Å²) in [5, 5.41) is 8.61. The highest BCUT2D eigenvalue weighted by molar-refractivity contribution is 9.10. The predicted octanol–water partition coefficient (Wildman–Crippen LogP) is 1.00. The van der Waals surface area contributed by atoms with Crippen LogP contribution in [0.15, 0.2) is 12.3 Å². The van der Waals surface area contributed by atoms with Crippen molar-refractivity contribution in [2.75, 3.05) is 6.61 Å². The summed E-state index contributed by atoms with van der Waals surface area (Å²) in [6.45, 7) is 0.0139. The van der Waals surface area contributed by atoms with Crippen molar-refractivity contribution in [2.45, 2.75) is 10.9 Å². The molecule has 0 aromatic carbocycles. The molecule has 0 amide bonds. The van der Waals surface area contributed by atoms with Crippen LogP contribution in [-0.2, 0) is 4.74 Å². The maximum absolute atomic E-state index is 8.61. The molecule has 3 heteroatoms. The van der Waals surface area contributed by atoms with Crippen LogP contribution in [0.4, 0.5) is 0 Å². The summed E-state index contributed by atoms with van der Waals surface area (Å²) in [6, 6.07) is 0. The average Bonchev–Trinajstić information content (AvgIpc) is 2.17. The van der Waals surface area contributed by atoms with E-state index < -0.39 is 4.51 Å². The normalized spacial score (nSPS) is 35.2. The average molecular weight is 179 g/mol. The van der Waals surface area contributed by atoms with Gasteiger partial charge in [-0.25, -0.2) is 0 Å². The van der Waals surface area contributed by atoms with Gasteiger partial charge in [0, 0.05) is 6.42 Å². The molecule has 1 heterocycles. The Balaban J connectivity index is 2.46. The molecule has 1 unspecified atom stereocenters. The first-order chi connectivity index (χ1) is 3.77. The SMILES string of the molecule is OCC1(Br)CC=CO1. The largest absolute Gasteiger partial charge is 0.481 e. The molecule has 0 aliphatic carbocycles. The van der Waals surface area contributed by atoms with E-state index in [0.29, 0.717) is 0 Å². The lowest BCUT2D eigenvalue weighted by Crippen LogP contribution is -2.23. The third kappa shape index (κ3) is 1.03. The lowest BCUT2D eigenvalue weighted by molar-refractivity contribution is 0.0736. The summed E-state index contributed by atoms with van der Waals surface area (Å²) in [4.78, 5) is 0. The molecular weight excluding hydrogens is 172 g/mol. The van der Waals surface area contributed by atoms with Gasteiger partial charge in [-0.2, -0.15) is 0 Å². The summed E-state index contributed by atoms with van der Waals surface area (Å²) in [5.41, 5.74) is 0. The number of aliphatic hydroxyl groups excluding tert-OH is 1. The minimum Gasteiger partial charge on any atom is -0.481 e. The number of hydrogen-bond acceptors (Lipinski definition) is 2. The van der Waals surface area contributed by atoms with Gasteiger partial charge in [0.15, 0.2) is 4.51 Å². The highest BCUT2D eigenvalue weighted by Gasteiger charge is 2.27. The van der Waals surface area contributed by atoms with Crippen LogP contribution in [0.3, 0.4) is 0 Å². The lowest BCUT2D eigenvalue weighted by Gasteiger charge is -2.16. The molecule has 0 saturated heterocycles. The molecule has 0 bridgehead atoms. The molecule has 1 aliphatic rings. The monoisotopic (exact) mass is 178 g/mol. The second-order valence-corrected chi connectivity index (χ2v) is 3.18. The van der Waals surface area contributed by atoms with Crippen molar-refractivity contribution in [2.24, 2.45) is 0 Å². The van der Waals surface area contributed by atoms with Crippen molar-refractivity contribution in [3.63, 3.8) is 0 Å². The zero-order valence-electron chi connectivity index (χ0n) is 4.30. The standard InChI is InChI=1S/C5H7BrO2/c6-5(4-7)2-1-3-8-5/h1,3,7H,2,4H2. The van der Waals surface area contributed by atoms with Crippen molar-refractivity contribution in [3.05, 3.63) is 12.3 Å². The minimum absolute atomic E-state index is 0.0139. The smallest absolute Gasteiger partial charge is 0.188 e. The zero-order chi connectivity index (χ0) is 6.04. The molecular formula is C5H7BrO2. The van der Waals surface area contributed by atoms with Gasteiger partial charge in [0.25, 0.3) is 0 Å². The third-order valence-corrected chi connectivity index (χ3v) is 1.80. The van der Waals surface area contributed by atoms with E-state index in [1.165, 1.54) is 0 Å². The minimum atomic E-state index is -0.507. The molecule has 46 valence electrons. The number of aliphatic hydroxyl groups is 1. The second-order valence-electron chi connectivity index (χ2n) is 1.73. The Labute approximate surface area is 56.3 Å². The molecule has 0 aromatic heterocycles. The van der Waals surface area contributed by atoms with Crippen LogP contribution in [-0.4, -0.2) is 16.2 Å². The fraction of sp³-hybridized carbons (Fsp3) is 0.600. The van der Waals surface area contributed by atoms with Gasteiger partial charge in [-0.05, 0) is 22.0 Å². The Morgan fingerprint density at radius 2 is 2.62 bits per heavy atom. The number of alkyl halides is 1. The molecule has 0 radical (unpaired) electrons. The molecule has 1 aliphatic heterocycles. The first-order valence-corrected chi connectivity index (χ1v) is 3.19. The summed E-state index contributed by atoms with van der Waals surface area (Å²) < 4.78 is 4.47. The van der Waals surface area contributed by atoms with Crippen molar-refractivity contribution < 1.29 is 9.84 Å². The van der Waals surface area contributed by atoms with Crippen LogP contribution in [0.5, 0.6) is 0 Å². The molecule has 0 spiro atoms. The summed E-state index contributed by atoms with van der Waals surface area (Å²) in [7, 11) is 0. The van der Waals surface area contributed by atoms with Gasteiger partial charge in [0.2, 0.25) is 0 Å². The molecule has 1 N–H and O–H groups in total. The molecule has 0 saturated carbocycles. The Morgan fingerprint density at radius 1 is 1.88 bits per heavy atom. The van der Waals surface area contributed by atoms with Gasteiger partial charge in [-0.15, -0.1) is 0 Å². The van der Waals surface area contributed by atoms with E-state index in [2.05, 4.69) is 15.9 Å². The van der Waals surface area contributed by atoms with Gasteiger partial charge >= 0.3 is 0 Å². The Kier molecular flexibility index (Phi) is 1.58. The van der Waals surface area contributed by atoms with E-state index in [4.69, 9.17) is 9.84 Å². The molecule has 0 fully saturated rings. The Hall–Kier alpha value is -0.0200. The second kappa shape index (κ2) is 2.07. The van der Waals surface area contributed by atoms with Crippen LogP contribution >= 0.6 is 15.9 Å². The van der Waals surface area contributed by atoms with Gasteiger partial charge in [0.05, 0.1) is 12.9 Å². The first kappa shape index (κ1) is 6.11. The zero-order valence-corrected chi connectivity index (χ0v) is 5.89. The maximum atomic E-state index is 8.61. The molecule has 0 aromatic rings. The summed E-state index contributed by atoms with van der Waals surface area (Å²) in [5.74, 6) is 0. The van der Waals surface area contributed by atoms with Crippen molar-refractivity contribution in [3.8, 4) is 0 Å². The summed E-state index contributed by atoms with van der Waals surface area (Å²) >= 11 is 3.21. The number of ether oxygens (including phenoxy) is 1. The Bertz CT molecular complexity index is 103. The highest BCUT2D eigenvalue weighted by Crippen LogP contribution is 2.28. The quantitative estimate of drug-likeness (QED) is 0.608. The molecule has 8 heavy (non-hydrogen) atoms. The van der Waals surface area contributed by atoms with Crippen molar-refractivity contribution in [1.29, 1.82) is 0 Å². The van der Waals surface area contributed by atoms with Crippen molar-refractivity contribution >= 4 is 15.9 Å². The predicted molar refractivity (Wildman–Crippen MR) is 33.6 cm³/mol. The van der Waals surface area contributed by atoms with E-state index in [1.807, 2.05) is 6.08 Å². The van der Waals surface area contributed by atoms with E-state index in [-0.39, 0.29) is 6.61 Å². The number of hydrogen-bond donors (Lipinski definition) is 1. The van der Waals surface area contributed by atoms with Crippen LogP contribution in [0.1, 0.15) is 6.42 Å². The van der Waals surface area contributed by atoms with Crippen LogP contribution in [0.2, 0.25) is 0 Å². The first-order valence-electron chi connectivity index (χ1n) is 2.39. The molecule has 1 rings (SSSR count). The van der Waals surface area contributed by atoms with E-state index in [1.54, 1.807) is 6.26 Å².